The number of hydrogen-bond acceptors (Lipinski definition) is 4. The van der Waals surface area contributed by atoms with Crippen molar-refractivity contribution in [1.29, 1.82) is 0 Å². The maximum absolute atomic E-state index is 11.5. The number of ether oxygens (including phenoxy) is 1. The number of aliphatic hydroxyl groups is 2. The van der Waals surface area contributed by atoms with Gasteiger partial charge in [-0.25, -0.2) is 4.79 Å². The SMILES string of the molecule is C=CC(=O)OC(CC)(CC)C(O)(O)C(C)(CC)CC. The fraction of sp³-hybridized carbons (Fsp3) is 0.800. The average molecular weight is 272 g/mol. The molecule has 0 atom stereocenters. The van der Waals surface area contributed by atoms with Gasteiger partial charge >= 0.3 is 5.97 Å². The van der Waals surface area contributed by atoms with Gasteiger partial charge in [0, 0.05) is 11.5 Å². The van der Waals surface area contributed by atoms with E-state index in [1.807, 2.05) is 13.8 Å². The molecule has 0 spiro atoms. The Morgan fingerprint density at radius 2 is 1.53 bits per heavy atom. The molecule has 0 amide bonds. The number of esters is 1. The molecule has 112 valence electrons. The van der Waals surface area contributed by atoms with E-state index in [0.29, 0.717) is 25.7 Å². The van der Waals surface area contributed by atoms with Gasteiger partial charge in [-0.3, -0.25) is 0 Å². The van der Waals surface area contributed by atoms with Crippen LogP contribution in [0.4, 0.5) is 0 Å². The molecule has 0 aromatic carbocycles. The lowest BCUT2D eigenvalue weighted by molar-refractivity contribution is -0.334. The molecule has 0 bridgehead atoms. The van der Waals surface area contributed by atoms with E-state index < -0.39 is 22.8 Å². The topological polar surface area (TPSA) is 66.8 Å². The predicted molar refractivity (Wildman–Crippen MR) is 75.5 cm³/mol. The van der Waals surface area contributed by atoms with Gasteiger partial charge in [0.1, 0.15) is 0 Å². The summed E-state index contributed by atoms with van der Waals surface area (Å²) in [6, 6.07) is 0. The quantitative estimate of drug-likeness (QED) is 0.405. The van der Waals surface area contributed by atoms with E-state index in [0.717, 1.165) is 6.08 Å². The number of rotatable bonds is 8. The highest BCUT2D eigenvalue weighted by Gasteiger charge is 2.59. The molecule has 19 heavy (non-hydrogen) atoms. The molecule has 4 nitrogen and oxygen atoms in total. The molecule has 0 radical (unpaired) electrons. The van der Waals surface area contributed by atoms with Gasteiger partial charge in [-0.15, -0.1) is 0 Å². The minimum Gasteiger partial charge on any atom is -0.450 e. The van der Waals surface area contributed by atoms with Crippen molar-refractivity contribution in [3.8, 4) is 0 Å². The molecule has 0 heterocycles. The third-order valence-electron chi connectivity index (χ3n) is 4.64. The van der Waals surface area contributed by atoms with Crippen molar-refractivity contribution in [3.63, 3.8) is 0 Å². The van der Waals surface area contributed by atoms with Crippen molar-refractivity contribution in [3.05, 3.63) is 12.7 Å². The van der Waals surface area contributed by atoms with Gasteiger partial charge < -0.3 is 14.9 Å². The Morgan fingerprint density at radius 3 is 1.79 bits per heavy atom. The molecule has 4 heteroatoms. The van der Waals surface area contributed by atoms with Crippen LogP contribution in [0.25, 0.3) is 0 Å². The molecule has 0 aliphatic rings. The summed E-state index contributed by atoms with van der Waals surface area (Å²) in [6.07, 6.45) is 2.84. The second-order valence-corrected chi connectivity index (χ2v) is 5.27. The van der Waals surface area contributed by atoms with Gasteiger partial charge in [0.15, 0.2) is 5.60 Å². The summed E-state index contributed by atoms with van der Waals surface area (Å²) >= 11 is 0. The summed E-state index contributed by atoms with van der Waals surface area (Å²) in [7, 11) is 0. The van der Waals surface area contributed by atoms with E-state index in [-0.39, 0.29) is 0 Å². The van der Waals surface area contributed by atoms with Gasteiger partial charge in [-0.2, -0.15) is 0 Å². The summed E-state index contributed by atoms with van der Waals surface area (Å²) in [6.45, 7) is 12.5. The highest BCUT2D eigenvalue weighted by molar-refractivity contribution is 5.81. The average Bonchev–Trinajstić information content (AvgIpc) is 2.42. The van der Waals surface area contributed by atoms with E-state index in [1.54, 1.807) is 20.8 Å². The zero-order valence-corrected chi connectivity index (χ0v) is 12.8. The first-order chi connectivity index (χ1) is 8.70. The lowest BCUT2D eigenvalue weighted by atomic mass is 9.67. The summed E-state index contributed by atoms with van der Waals surface area (Å²) < 4.78 is 5.34. The monoisotopic (exact) mass is 272 g/mol. The molecule has 0 fully saturated rings. The maximum Gasteiger partial charge on any atom is 0.330 e. The van der Waals surface area contributed by atoms with E-state index in [2.05, 4.69) is 6.58 Å². The van der Waals surface area contributed by atoms with E-state index >= 15 is 0 Å². The molecule has 0 aliphatic carbocycles. The van der Waals surface area contributed by atoms with Crippen molar-refractivity contribution < 1.29 is 19.7 Å². The van der Waals surface area contributed by atoms with Crippen LogP contribution in [0.3, 0.4) is 0 Å². The Morgan fingerprint density at radius 1 is 1.11 bits per heavy atom. The summed E-state index contributed by atoms with van der Waals surface area (Å²) in [5, 5.41) is 21.5. The number of hydrogen-bond donors (Lipinski definition) is 2. The molecule has 0 rings (SSSR count). The normalized spacial score (nSPS) is 13.2. The first-order valence-corrected chi connectivity index (χ1v) is 7.00. The highest BCUT2D eigenvalue weighted by Crippen LogP contribution is 2.47. The van der Waals surface area contributed by atoms with Crippen LogP contribution in [0.15, 0.2) is 12.7 Å². The maximum atomic E-state index is 11.5. The molecule has 0 aliphatic heterocycles. The molecule has 0 aromatic heterocycles. The van der Waals surface area contributed by atoms with Crippen LogP contribution < -0.4 is 0 Å². The summed E-state index contributed by atoms with van der Waals surface area (Å²) in [5.41, 5.74) is -2.07. The van der Waals surface area contributed by atoms with E-state index in [9.17, 15) is 15.0 Å². The fourth-order valence-electron chi connectivity index (χ4n) is 2.49. The molecular formula is C15H28O4. The Hall–Kier alpha value is -0.870. The Kier molecular flexibility index (Phi) is 6.23. The van der Waals surface area contributed by atoms with Gasteiger partial charge in [0.2, 0.25) is 5.79 Å². The van der Waals surface area contributed by atoms with Crippen molar-refractivity contribution in [2.45, 2.75) is 71.7 Å². The van der Waals surface area contributed by atoms with Gasteiger partial charge in [0.25, 0.3) is 0 Å². The third-order valence-corrected chi connectivity index (χ3v) is 4.64. The molecule has 0 saturated heterocycles. The van der Waals surface area contributed by atoms with Crippen molar-refractivity contribution in [2.24, 2.45) is 5.41 Å². The molecule has 2 N–H and O–H groups in total. The molecule has 0 aromatic rings. The van der Waals surface area contributed by atoms with Gasteiger partial charge in [-0.05, 0) is 25.7 Å². The second kappa shape index (κ2) is 6.53. The minimum atomic E-state index is -2.09. The van der Waals surface area contributed by atoms with Gasteiger partial charge in [-0.1, -0.05) is 41.2 Å². The first kappa shape index (κ1) is 18.1. The highest BCUT2D eigenvalue weighted by atomic mass is 16.6. The largest absolute Gasteiger partial charge is 0.450 e. The van der Waals surface area contributed by atoms with Crippen molar-refractivity contribution in [1.82, 2.24) is 0 Å². The van der Waals surface area contributed by atoms with Crippen LogP contribution in [-0.4, -0.2) is 27.6 Å². The summed E-state index contributed by atoms with van der Waals surface area (Å²) in [5.74, 6) is -2.73. The first-order valence-electron chi connectivity index (χ1n) is 7.00. The Balaban J connectivity index is 5.71. The third kappa shape index (κ3) is 3.00. The molecule has 0 unspecified atom stereocenters. The van der Waals surface area contributed by atoms with Gasteiger partial charge in [0.05, 0.1) is 0 Å². The second-order valence-electron chi connectivity index (χ2n) is 5.27. The van der Waals surface area contributed by atoms with E-state index in [4.69, 9.17) is 4.74 Å². The zero-order chi connectivity index (χ0) is 15.3. The predicted octanol–water partition coefficient (Wildman–Crippen LogP) is 2.78. The van der Waals surface area contributed by atoms with Crippen molar-refractivity contribution >= 4 is 5.97 Å². The smallest absolute Gasteiger partial charge is 0.330 e. The minimum absolute atomic E-state index is 0.325. The molecule has 0 saturated carbocycles. The lowest BCUT2D eigenvalue weighted by Crippen LogP contribution is -2.64. The van der Waals surface area contributed by atoms with Crippen LogP contribution >= 0.6 is 0 Å². The van der Waals surface area contributed by atoms with Crippen LogP contribution in [0.2, 0.25) is 0 Å². The fourth-order valence-corrected chi connectivity index (χ4v) is 2.49. The Bertz CT molecular complexity index is 312. The van der Waals surface area contributed by atoms with Crippen molar-refractivity contribution in [2.75, 3.05) is 0 Å². The van der Waals surface area contributed by atoms with Crippen LogP contribution in [0.1, 0.15) is 60.3 Å². The van der Waals surface area contributed by atoms with Crippen LogP contribution in [0, 0.1) is 5.41 Å². The number of carbonyl (C=O) groups excluding carboxylic acids is 1. The Labute approximate surface area is 116 Å². The zero-order valence-electron chi connectivity index (χ0n) is 12.8. The van der Waals surface area contributed by atoms with Crippen LogP contribution in [-0.2, 0) is 9.53 Å². The molecular weight excluding hydrogens is 244 g/mol. The lowest BCUT2D eigenvalue weighted by Gasteiger charge is -2.51. The summed E-state index contributed by atoms with van der Waals surface area (Å²) in [4.78, 5) is 11.5. The standard InChI is InChI=1S/C15H28O4/c1-7-12(16)19-14(10-4,11-5)15(17,18)13(6,8-2)9-3/h7,17-18H,1,8-11H2,2-6H3. The van der Waals surface area contributed by atoms with E-state index in [1.165, 1.54) is 0 Å². The van der Waals surface area contributed by atoms with Crippen LogP contribution in [0.5, 0.6) is 0 Å². The number of carbonyl (C=O) groups is 1.